The average Bonchev–Trinajstić information content (AvgIpc) is 3.24. The Bertz CT molecular complexity index is 998. The maximum Gasteiger partial charge on any atom is 0.225 e. The largest absolute Gasteiger partial charge is 0.347 e. The third-order valence-corrected chi connectivity index (χ3v) is 4.36. The molecule has 0 fully saturated rings. The van der Waals surface area contributed by atoms with E-state index in [1.165, 1.54) is 0 Å². The van der Waals surface area contributed by atoms with Crippen molar-refractivity contribution in [2.45, 2.75) is 6.04 Å². The molecule has 6 nitrogen and oxygen atoms in total. The Hall–Kier alpha value is -3.54. The minimum absolute atomic E-state index is 0.167. The van der Waals surface area contributed by atoms with Crippen molar-refractivity contribution >= 4 is 5.95 Å². The number of rotatable bonds is 5. The van der Waals surface area contributed by atoms with E-state index in [0.29, 0.717) is 5.95 Å². The van der Waals surface area contributed by atoms with Crippen molar-refractivity contribution in [3.8, 4) is 11.3 Å². The number of benzene rings is 2. The summed E-state index contributed by atoms with van der Waals surface area (Å²) in [6, 6.07) is 20.2. The fraction of sp³-hybridized carbons (Fsp3) is 0.143. The van der Waals surface area contributed by atoms with Gasteiger partial charge >= 0.3 is 0 Å². The predicted molar refractivity (Wildman–Crippen MR) is 106 cm³/mol. The minimum atomic E-state index is -0.167. The molecule has 0 aliphatic carbocycles. The molecular formula is C21H20N6. The summed E-state index contributed by atoms with van der Waals surface area (Å²) in [4.78, 5) is 15.5. The molecule has 0 spiro atoms. The first kappa shape index (κ1) is 16.9. The van der Waals surface area contributed by atoms with Crippen LogP contribution in [0.2, 0.25) is 0 Å². The molecule has 2 aromatic heterocycles. The summed E-state index contributed by atoms with van der Waals surface area (Å²) in [5.74, 6) is 0.669. The van der Waals surface area contributed by atoms with Gasteiger partial charge in [0.1, 0.15) is 18.7 Å². The Kier molecular flexibility index (Phi) is 4.61. The Morgan fingerprint density at radius 1 is 0.926 bits per heavy atom. The van der Waals surface area contributed by atoms with Gasteiger partial charge in [0, 0.05) is 31.4 Å². The van der Waals surface area contributed by atoms with Crippen molar-refractivity contribution in [2.24, 2.45) is 0 Å². The highest BCUT2D eigenvalue weighted by atomic mass is 15.3. The van der Waals surface area contributed by atoms with E-state index in [0.717, 1.165) is 22.4 Å². The summed E-state index contributed by atoms with van der Waals surface area (Å²) in [5, 5.41) is 4.40. The van der Waals surface area contributed by atoms with Crippen LogP contribution in [0, 0.1) is 0 Å². The Morgan fingerprint density at radius 2 is 1.63 bits per heavy atom. The van der Waals surface area contributed by atoms with E-state index in [2.05, 4.69) is 39.3 Å². The molecule has 0 aliphatic rings. The maximum absolute atomic E-state index is 4.85. The van der Waals surface area contributed by atoms with Gasteiger partial charge in [0.2, 0.25) is 5.95 Å². The van der Waals surface area contributed by atoms with Crippen molar-refractivity contribution in [1.29, 1.82) is 0 Å². The number of nitrogens with zero attached hydrogens (tertiary/aromatic N) is 6. The van der Waals surface area contributed by atoms with E-state index < -0.39 is 0 Å². The quantitative estimate of drug-likeness (QED) is 0.548. The summed E-state index contributed by atoms with van der Waals surface area (Å²) in [6.45, 7) is 0. The molecule has 0 aliphatic heterocycles. The van der Waals surface area contributed by atoms with Crippen LogP contribution in [0.15, 0.2) is 79.5 Å². The monoisotopic (exact) mass is 356 g/mol. The molecule has 2 aromatic carbocycles. The van der Waals surface area contributed by atoms with Crippen LogP contribution < -0.4 is 4.90 Å². The van der Waals surface area contributed by atoms with E-state index in [1.807, 2.05) is 66.3 Å². The van der Waals surface area contributed by atoms with Crippen LogP contribution in [-0.4, -0.2) is 38.8 Å². The van der Waals surface area contributed by atoms with Gasteiger partial charge in [-0.25, -0.2) is 19.6 Å². The lowest BCUT2D eigenvalue weighted by Gasteiger charge is -2.22. The highest BCUT2D eigenvalue weighted by Crippen LogP contribution is 2.33. The molecule has 0 N–H and O–H groups in total. The predicted octanol–water partition coefficient (Wildman–Crippen LogP) is 3.44. The molecule has 27 heavy (non-hydrogen) atoms. The van der Waals surface area contributed by atoms with Crippen molar-refractivity contribution in [3.63, 3.8) is 0 Å². The van der Waals surface area contributed by atoms with Crippen molar-refractivity contribution < 1.29 is 0 Å². The molecule has 1 atom stereocenters. The summed E-state index contributed by atoms with van der Waals surface area (Å²) in [5.41, 5.74) is 4.00. The van der Waals surface area contributed by atoms with Crippen LogP contribution in [0.5, 0.6) is 0 Å². The van der Waals surface area contributed by atoms with Crippen LogP contribution in [0.3, 0.4) is 0 Å². The molecule has 2 heterocycles. The summed E-state index contributed by atoms with van der Waals surface area (Å²) in [7, 11) is 3.88. The standard InChI is InChI=1S/C21H20N6/c1-26(2)21-23-13-18(19(25-21)16-9-5-3-6-10-16)20(27-15-22-14-24-27)17-11-7-4-8-12-17/h3-15,20H,1-2H3. The van der Waals surface area contributed by atoms with Crippen molar-refractivity contribution in [2.75, 3.05) is 19.0 Å². The number of hydrogen-bond acceptors (Lipinski definition) is 5. The second-order valence-electron chi connectivity index (χ2n) is 6.42. The van der Waals surface area contributed by atoms with Crippen LogP contribution in [0.25, 0.3) is 11.3 Å². The SMILES string of the molecule is CN(C)c1ncc(C(c2ccccc2)n2cncn2)c(-c2ccccc2)n1. The second kappa shape index (κ2) is 7.37. The van der Waals surface area contributed by atoms with Crippen LogP contribution >= 0.6 is 0 Å². The molecular weight excluding hydrogens is 336 g/mol. The van der Waals surface area contributed by atoms with Crippen molar-refractivity contribution in [3.05, 3.63) is 90.6 Å². The third kappa shape index (κ3) is 3.42. The molecule has 0 amide bonds. The fourth-order valence-corrected chi connectivity index (χ4v) is 3.09. The van der Waals surface area contributed by atoms with Crippen molar-refractivity contribution in [1.82, 2.24) is 24.7 Å². The number of aromatic nitrogens is 5. The molecule has 0 radical (unpaired) electrons. The van der Waals surface area contributed by atoms with Gasteiger partial charge in [0.15, 0.2) is 0 Å². The molecule has 4 aromatic rings. The molecule has 6 heteroatoms. The molecule has 0 bridgehead atoms. The first-order valence-corrected chi connectivity index (χ1v) is 8.73. The first-order chi connectivity index (χ1) is 13.2. The summed E-state index contributed by atoms with van der Waals surface area (Å²) in [6.07, 6.45) is 5.17. The zero-order valence-corrected chi connectivity index (χ0v) is 15.3. The molecule has 4 rings (SSSR count). The van der Waals surface area contributed by atoms with Crippen LogP contribution in [0.4, 0.5) is 5.95 Å². The topological polar surface area (TPSA) is 59.7 Å². The Labute approximate surface area is 158 Å². The molecule has 0 saturated heterocycles. The lowest BCUT2D eigenvalue weighted by Crippen LogP contribution is -2.18. The van der Waals surface area contributed by atoms with Gasteiger partial charge in [-0.1, -0.05) is 60.7 Å². The van der Waals surface area contributed by atoms with Crippen LogP contribution in [0.1, 0.15) is 17.2 Å². The first-order valence-electron chi connectivity index (χ1n) is 8.73. The van der Waals surface area contributed by atoms with Crippen LogP contribution in [-0.2, 0) is 0 Å². The lowest BCUT2D eigenvalue weighted by molar-refractivity contribution is 0.591. The Morgan fingerprint density at radius 3 is 2.26 bits per heavy atom. The number of anilines is 1. The maximum atomic E-state index is 4.85. The Balaban J connectivity index is 1.95. The van der Waals surface area contributed by atoms with E-state index in [1.54, 1.807) is 12.7 Å². The third-order valence-electron chi connectivity index (χ3n) is 4.36. The van der Waals surface area contributed by atoms with Gasteiger partial charge in [-0.05, 0) is 5.56 Å². The van der Waals surface area contributed by atoms with Gasteiger partial charge in [-0.3, -0.25) is 0 Å². The normalized spacial score (nSPS) is 11.9. The zero-order valence-electron chi connectivity index (χ0n) is 15.3. The van der Waals surface area contributed by atoms with Gasteiger partial charge in [-0.15, -0.1) is 0 Å². The molecule has 0 saturated carbocycles. The summed E-state index contributed by atoms with van der Waals surface area (Å²) >= 11 is 0. The molecule has 1 unspecified atom stereocenters. The highest BCUT2D eigenvalue weighted by Gasteiger charge is 2.23. The summed E-state index contributed by atoms with van der Waals surface area (Å²) < 4.78 is 1.84. The lowest BCUT2D eigenvalue weighted by atomic mass is 9.96. The van der Waals surface area contributed by atoms with E-state index in [-0.39, 0.29) is 6.04 Å². The van der Waals surface area contributed by atoms with Gasteiger partial charge in [-0.2, -0.15) is 5.10 Å². The number of hydrogen-bond donors (Lipinski definition) is 0. The molecule has 134 valence electrons. The minimum Gasteiger partial charge on any atom is -0.347 e. The van der Waals surface area contributed by atoms with Gasteiger partial charge < -0.3 is 4.90 Å². The smallest absolute Gasteiger partial charge is 0.225 e. The van der Waals surface area contributed by atoms with Gasteiger partial charge in [0.05, 0.1) is 5.69 Å². The van der Waals surface area contributed by atoms with E-state index in [4.69, 9.17) is 4.98 Å². The van der Waals surface area contributed by atoms with E-state index in [9.17, 15) is 0 Å². The van der Waals surface area contributed by atoms with Gasteiger partial charge in [0.25, 0.3) is 0 Å². The van der Waals surface area contributed by atoms with E-state index >= 15 is 0 Å². The fourth-order valence-electron chi connectivity index (χ4n) is 3.09. The average molecular weight is 356 g/mol. The second-order valence-corrected chi connectivity index (χ2v) is 6.42. The zero-order chi connectivity index (χ0) is 18.6. The highest BCUT2D eigenvalue weighted by molar-refractivity contribution is 5.65.